The van der Waals surface area contributed by atoms with Gasteiger partial charge in [-0.15, -0.1) is 0 Å². The van der Waals surface area contributed by atoms with Crippen LogP contribution in [0.15, 0.2) is 23.2 Å². The number of amidine groups is 1. The smallest absolute Gasteiger partial charge is 0.173 e. The van der Waals surface area contributed by atoms with Gasteiger partial charge in [-0.05, 0) is 12.1 Å². The molecule has 3 nitrogen and oxygen atoms in total. The van der Waals surface area contributed by atoms with Crippen molar-refractivity contribution in [2.75, 3.05) is 13.1 Å². The highest BCUT2D eigenvalue weighted by atomic mass is 19.1. The topological polar surface area (TPSA) is 41.5 Å². The number of nitrogens with zero attached hydrogens (tertiary/aromatic N) is 1. The molecule has 16 heavy (non-hydrogen) atoms. The normalized spacial score (nSPS) is 14.5. The van der Waals surface area contributed by atoms with Gasteiger partial charge >= 0.3 is 0 Å². The van der Waals surface area contributed by atoms with Gasteiger partial charge in [0.15, 0.2) is 5.78 Å². The Morgan fingerprint density at radius 2 is 2.25 bits per heavy atom. The van der Waals surface area contributed by atoms with Crippen LogP contribution in [0.2, 0.25) is 0 Å². The number of hydrogen-bond donors (Lipinski definition) is 1. The van der Waals surface area contributed by atoms with E-state index in [1.807, 2.05) is 0 Å². The maximum atomic E-state index is 13.3. The summed E-state index contributed by atoms with van der Waals surface area (Å²) in [5, 5.41) is 2.92. The lowest BCUT2D eigenvalue weighted by molar-refractivity contribution is 0.0996. The lowest BCUT2D eigenvalue weighted by atomic mass is 10.1. The SMILES string of the molecule is O=C(CC1=NCCN1)c1ccc(F)cc1F. The van der Waals surface area contributed by atoms with Crippen molar-refractivity contribution in [1.29, 1.82) is 0 Å². The van der Waals surface area contributed by atoms with E-state index < -0.39 is 17.4 Å². The van der Waals surface area contributed by atoms with Crippen LogP contribution < -0.4 is 5.32 Å². The summed E-state index contributed by atoms with van der Waals surface area (Å²) in [7, 11) is 0. The molecule has 0 amide bonds. The summed E-state index contributed by atoms with van der Waals surface area (Å²) in [4.78, 5) is 15.7. The highest BCUT2D eigenvalue weighted by Crippen LogP contribution is 2.12. The lowest BCUT2D eigenvalue weighted by Crippen LogP contribution is -2.22. The number of benzene rings is 1. The zero-order chi connectivity index (χ0) is 11.5. The van der Waals surface area contributed by atoms with Crippen LogP contribution in [0.25, 0.3) is 0 Å². The van der Waals surface area contributed by atoms with Crippen molar-refractivity contribution in [2.24, 2.45) is 4.99 Å². The molecule has 0 atom stereocenters. The Bertz CT molecular complexity index is 457. The van der Waals surface area contributed by atoms with E-state index in [9.17, 15) is 13.6 Å². The summed E-state index contributed by atoms with van der Waals surface area (Å²) < 4.78 is 25.9. The average Bonchev–Trinajstić information content (AvgIpc) is 2.70. The summed E-state index contributed by atoms with van der Waals surface area (Å²) >= 11 is 0. The van der Waals surface area contributed by atoms with Crippen LogP contribution in [0.4, 0.5) is 8.78 Å². The first-order chi connectivity index (χ1) is 7.66. The van der Waals surface area contributed by atoms with Gasteiger partial charge in [0.1, 0.15) is 17.5 Å². The Morgan fingerprint density at radius 1 is 1.44 bits per heavy atom. The molecule has 5 heteroatoms. The van der Waals surface area contributed by atoms with Crippen molar-refractivity contribution in [3.05, 3.63) is 35.4 Å². The number of carbonyl (C=O) groups excluding carboxylic acids is 1. The van der Waals surface area contributed by atoms with Gasteiger partial charge in [-0.1, -0.05) is 0 Å². The number of nitrogens with one attached hydrogen (secondary N) is 1. The molecule has 0 saturated heterocycles. The first-order valence-corrected chi connectivity index (χ1v) is 4.92. The van der Waals surface area contributed by atoms with Crippen LogP contribution in [0.5, 0.6) is 0 Å². The third kappa shape index (κ3) is 2.24. The zero-order valence-corrected chi connectivity index (χ0v) is 8.46. The van der Waals surface area contributed by atoms with Gasteiger partial charge in [-0.25, -0.2) is 8.78 Å². The van der Waals surface area contributed by atoms with Gasteiger partial charge in [0.25, 0.3) is 0 Å². The predicted molar refractivity (Wildman–Crippen MR) is 55.6 cm³/mol. The van der Waals surface area contributed by atoms with Gasteiger partial charge < -0.3 is 5.32 Å². The fourth-order valence-electron chi connectivity index (χ4n) is 1.53. The molecule has 0 bridgehead atoms. The molecule has 0 unspecified atom stereocenters. The number of ketones is 1. The molecule has 84 valence electrons. The minimum atomic E-state index is -0.830. The van der Waals surface area contributed by atoms with Gasteiger partial charge in [-0.2, -0.15) is 0 Å². The number of Topliss-reactive ketones (excluding diaryl/α,β-unsaturated/α-hetero) is 1. The van der Waals surface area contributed by atoms with Crippen LogP contribution in [0.3, 0.4) is 0 Å². The Labute approximate surface area is 91.2 Å². The van der Waals surface area contributed by atoms with E-state index in [0.29, 0.717) is 25.0 Å². The highest BCUT2D eigenvalue weighted by Gasteiger charge is 2.16. The van der Waals surface area contributed by atoms with Gasteiger partial charge in [0.05, 0.1) is 18.5 Å². The molecule has 0 radical (unpaired) electrons. The van der Waals surface area contributed by atoms with Crippen LogP contribution in [-0.2, 0) is 0 Å². The molecule has 1 N–H and O–H groups in total. The molecule has 1 aromatic carbocycles. The third-order valence-corrected chi connectivity index (χ3v) is 2.30. The van der Waals surface area contributed by atoms with Crippen molar-refractivity contribution in [2.45, 2.75) is 6.42 Å². The van der Waals surface area contributed by atoms with E-state index in [1.54, 1.807) is 0 Å². The maximum absolute atomic E-state index is 13.3. The van der Waals surface area contributed by atoms with Gasteiger partial charge in [0.2, 0.25) is 0 Å². The first-order valence-electron chi connectivity index (χ1n) is 4.92. The summed E-state index contributed by atoms with van der Waals surface area (Å²) in [5.41, 5.74) is -0.0993. The third-order valence-electron chi connectivity index (χ3n) is 2.30. The molecule has 1 aliphatic rings. The van der Waals surface area contributed by atoms with E-state index in [-0.39, 0.29) is 12.0 Å². The molecular weight excluding hydrogens is 214 g/mol. The van der Waals surface area contributed by atoms with Crippen molar-refractivity contribution < 1.29 is 13.6 Å². The second-order valence-electron chi connectivity index (χ2n) is 3.48. The minimum absolute atomic E-state index is 0.0303. The molecule has 1 aromatic rings. The Morgan fingerprint density at radius 3 is 2.88 bits per heavy atom. The molecule has 1 aliphatic heterocycles. The van der Waals surface area contributed by atoms with Crippen molar-refractivity contribution in [3.8, 4) is 0 Å². The number of carbonyl (C=O) groups is 1. The van der Waals surface area contributed by atoms with E-state index >= 15 is 0 Å². The first kappa shape index (κ1) is 10.7. The van der Waals surface area contributed by atoms with Crippen molar-refractivity contribution in [3.63, 3.8) is 0 Å². The standard InChI is InChI=1S/C11H10F2N2O/c12-7-1-2-8(9(13)5-7)10(16)6-11-14-3-4-15-11/h1-2,5H,3-4,6H2,(H,14,15). The maximum Gasteiger partial charge on any atom is 0.173 e. The second kappa shape index (κ2) is 4.38. The molecule has 0 spiro atoms. The molecule has 0 fully saturated rings. The fraction of sp³-hybridized carbons (Fsp3) is 0.273. The van der Waals surface area contributed by atoms with E-state index in [4.69, 9.17) is 0 Å². The molecule has 0 aromatic heterocycles. The number of hydrogen-bond acceptors (Lipinski definition) is 3. The Hall–Kier alpha value is -1.78. The summed E-state index contributed by atoms with van der Waals surface area (Å²) in [5.74, 6) is -1.35. The molecule has 0 aliphatic carbocycles. The molecule has 2 rings (SSSR count). The monoisotopic (exact) mass is 224 g/mol. The van der Waals surface area contributed by atoms with E-state index in [2.05, 4.69) is 10.3 Å². The van der Waals surface area contributed by atoms with Gasteiger partial charge in [-0.3, -0.25) is 9.79 Å². The van der Waals surface area contributed by atoms with Crippen molar-refractivity contribution >= 4 is 11.6 Å². The average molecular weight is 224 g/mol. The van der Waals surface area contributed by atoms with Crippen LogP contribution >= 0.6 is 0 Å². The Balaban J connectivity index is 2.14. The van der Waals surface area contributed by atoms with Crippen LogP contribution in [-0.4, -0.2) is 24.7 Å². The number of rotatable bonds is 3. The minimum Gasteiger partial charge on any atom is -0.372 e. The fourth-order valence-corrected chi connectivity index (χ4v) is 1.53. The summed E-state index contributed by atoms with van der Waals surface area (Å²) in [6, 6.07) is 2.93. The Kier molecular flexibility index (Phi) is 2.94. The number of halogens is 2. The largest absolute Gasteiger partial charge is 0.372 e. The van der Waals surface area contributed by atoms with E-state index in [1.165, 1.54) is 0 Å². The predicted octanol–water partition coefficient (Wildman–Crippen LogP) is 1.54. The second-order valence-corrected chi connectivity index (χ2v) is 3.48. The zero-order valence-electron chi connectivity index (χ0n) is 8.46. The summed E-state index contributed by atoms with van der Waals surface area (Å²) in [6.45, 7) is 1.34. The molecule has 0 saturated carbocycles. The number of aliphatic imine (C=N–C) groups is 1. The quantitative estimate of drug-likeness (QED) is 0.791. The van der Waals surface area contributed by atoms with E-state index in [0.717, 1.165) is 12.1 Å². The lowest BCUT2D eigenvalue weighted by Gasteiger charge is -2.03. The van der Waals surface area contributed by atoms with Crippen LogP contribution in [0.1, 0.15) is 16.8 Å². The summed E-state index contributed by atoms with van der Waals surface area (Å²) in [6.07, 6.45) is 0.0303. The van der Waals surface area contributed by atoms with Crippen LogP contribution in [0, 0.1) is 11.6 Å². The van der Waals surface area contributed by atoms with Gasteiger partial charge in [0, 0.05) is 12.6 Å². The molecule has 1 heterocycles. The highest BCUT2D eigenvalue weighted by molar-refractivity contribution is 6.09. The van der Waals surface area contributed by atoms with Crippen molar-refractivity contribution in [1.82, 2.24) is 5.32 Å². The molecular formula is C11H10F2N2O.